The molecule has 3 nitrogen and oxygen atoms in total. The zero-order chi connectivity index (χ0) is 11.6. The molecule has 0 aliphatic heterocycles. The first-order valence-corrected chi connectivity index (χ1v) is 6.22. The van der Waals surface area contributed by atoms with Gasteiger partial charge in [0.1, 0.15) is 0 Å². The van der Waals surface area contributed by atoms with Crippen molar-refractivity contribution >= 4 is 33.2 Å². The molecule has 1 aromatic rings. The molecule has 15 heavy (non-hydrogen) atoms. The number of likely N-dealkylation sites (N-methyl/N-ethyl adjacent to an activating group) is 1. The second-order valence-electron chi connectivity index (χ2n) is 3.52. The van der Waals surface area contributed by atoms with Crippen molar-refractivity contribution in [3.05, 3.63) is 20.3 Å². The van der Waals surface area contributed by atoms with E-state index in [0.717, 1.165) is 9.35 Å². The zero-order valence-electron chi connectivity index (χ0n) is 8.95. The van der Waals surface area contributed by atoms with Crippen LogP contribution in [0.1, 0.15) is 22.2 Å². The van der Waals surface area contributed by atoms with Gasteiger partial charge in [0.25, 0.3) is 5.91 Å². The number of carbonyl (C=O) groups excluding carboxylic acids is 1. The van der Waals surface area contributed by atoms with E-state index in [1.54, 1.807) is 11.9 Å². The lowest BCUT2D eigenvalue weighted by Crippen LogP contribution is -2.36. The Morgan fingerprint density at radius 1 is 1.73 bits per heavy atom. The normalized spacial score (nSPS) is 12.6. The standard InChI is InChI=1S/C10H14BrNO2S/c1-6-4-8(15-9(6)11)10(14)12(3)7(2)5-13/h4,7,13H,5H2,1-3H3. The first kappa shape index (κ1) is 12.7. The van der Waals surface area contributed by atoms with E-state index in [4.69, 9.17) is 5.11 Å². The third-order valence-electron chi connectivity index (χ3n) is 2.31. The molecule has 1 rings (SSSR count). The van der Waals surface area contributed by atoms with Gasteiger partial charge in [-0.1, -0.05) is 0 Å². The Balaban J connectivity index is 2.85. The summed E-state index contributed by atoms with van der Waals surface area (Å²) >= 11 is 4.81. The van der Waals surface area contributed by atoms with Gasteiger partial charge in [-0.05, 0) is 41.4 Å². The van der Waals surface area contributed by atoms with Crippen LogP contribution < -0.4 is 0 Å². The second kappa shape index (κ2) is 5.09. The first-order valence-electron chi connectivity index (χ1n) is 4.61. The molecule has 1 atom stereocenters. The number of aryl methyl sites for hydroxylation is 1. The molecule has 1 aromatic heterocycles. The maximum atomic E-state index is 11.9. The fraction of sp³-hybridized carbons (Fsp3) is 0.500. The van der Waals surface area contributed by atoms with Crippen molar-refractivity contribution in [1.82, 2.24) is 4.90 Å². The molecule has 84 valence electrons. The van der Waals surface area contributed by atoms with Crippen molar-refractivity contribution in [2.75, 3.05) is 13.7 Å². The molecule has 0 fully saturated rings. The van der Waals surface area contributed by atoms with E-state index >= 15 is 0 Å². The number of thiophene rings is 1. The van der Waals surface area contributed by atoms with E-state index in [2.05, 4.69) is 15.9 Å². The summed E-state index contributed by atoms with van der Waals surface area (Å²) in [5.74, 6) is -0.0460. The molecule has 1 heterocycles. The highest BCUT2D eigenvalue weighted by Gasteiger charge is 2.19. The predicted octanol–water partition coefficient (Wildman–Crippen LogP) is 2.27. The van der Waals surface area contributed by atoms with E-state index in [9.17, 15) is 4.79 Å². The summed E-state index contributed by atoms with van der Waals surface area (Å²) in [6.45, 7) is 3.74. The van der Waals surface area contributed by atoms with E-state index in [0.29, 0.717) is 4.88 Å². The average molecular weight is 292 g/mol. The van der Waals surface area contributed by atoms with E-state index in [1.807, 2.05) is 19.9 Å². The summed E-state index contributed by atoms with van der Waals surface area (Å²) in [6.07, 6.45) is 0. The number of halogens is 1. The lowest BCUT2D eigenvalue weighted by molar-refractivity contribution is 0.0687. The van der Waals surface area contributed by atoms with Gasteiger partial charge in [0.05, 0.1) is 21.3 Å². The van der Waals surface area contributed by atoms with Crippen LogP contribution in [0.3, 0.4) is 0 Å². The number of nitrogens with zero attached hydrogens (tertiary/aromatic N) is 1. The Kier molecular flexibility index (Phi) is 4.31. The summed E-state index contributed by atoms with van der Waals surface area (Å²) in [6, 6.07) is 1.70. The van der Waals surface area contributed by atoms with Gasteiger partial charge in [-0.2, -0.15) is 0 Å². The van der Waals surface area contributed by atoms with Crippen molar-refractivity contribution in [3.63, 3.8) is 0 Å². The fourth-order valence-electron chi connectivity index (χ4n) is 1.06. The molecule has 1 N–H and O–H groups in total. The maximum absolute atomic E-state index is 11.9. The van der Waals surface area contributed by atoms with Gasteiger partial charge in [0.15, 0.2) is 0 Å². The SMILES string of the molecule is Cc1cc(C(=O)N(C)C(C)CO)sc1Br. The maximum Gasteiger partial charge on any atom is 0.264 e. The van der Waals surface area contributed by atoms with Crippen molar-refractivity contribution < 1.29 is 9.90 Å². The average Bonchev–Trinajstić information content (AvgIpc) is 2.56. The molecular formula is C10H14BrNO2S. The summed E-state index contributed by atoms with van der Waals surface area (Å²) in [4.78, 5) is 14.2. The quantitative estimate of drug-likeness (QED) is 0.928. The largest absolute Gasteiger partial charge is 0.394 e. The van der Waals surface area contributed by atoms with Crippen LogP contribution in [0.15, 0.2) is 9.85 Å². The summed E-state index contributed by atoms with van der Waals surface area (Å²) in [7, 11) is 1.70. The highest BCUT2D eigenvalue weighted by molar-refractivity contribution is 9.11. The molecule has 0 aliphatic rings. The van der Waals surface area contributed by atoms with Crippen LogP contribution in [0.25, 0.3) is 0 Å². The summed E-state index contributed by atoms with van der Waals surface area (Å²) in [5.41, 5.74) is 1.06. The summed E-state index contributed by atoms with van der Waals surface area (Å²) < 4.78 is 0.982. The van der Waals surface area contributed by atoms with Crippen LogP contribution >= 0.6 is 27.3 Å². The molecule has 0 bridgehead atoms. The Bertz CT molecular complexity index is 345. The number of aliphatic hydroxyl groups excluding tert-OH is 1. The Morgan fingerprint density at radius 3 is 2.73 bits per heavy atom. The smallest absolute Gasteiger partial charge is 0.264 e. The first-order chi connectivity index (χ1) is 6.97. The Morgan fingerprint density at radius 2 is 2.33 bits per heavy atom. The predicted molar refractivity (Wildman–Crippen MR) is 65.4 cm³/mol. The molecule has 0 saturated heterocycles. The second-order valence-corrected chi connectivity index (χ2v) is 5.89. The third kappa shape index (κ3) is 2.80. The minimum atomic E-state index is -0.154. The third-order valence-corrected chi connectivity index (χ3v) is 4.44. The van der Waals surface area contributed by atoms with E-state index in [1.165, 1.54) is 11.3 Å². The number of amides is 1. The molecule has 1 unspecified atom stereocenters. The minimum absolute atomic E-state index is 0.0201. The Labute approximate surface area is 102 Å². The molecule has 0 radical (unpaired) electrons. The Hall–Kier alpha value is -0.390. The van der Waals surface area contributed by atoms with E-state index in [-0.39, 0.29) is 18.6 Å². The van der Waals surface area contributed by atoms with Crippen LogP contribution in [0.2, 0.25) is 0 Å². The molecule has 1 amide bonds. The molecule has 0 aromatic carbocycles. The fourth-order valence-corrected chi connectivity index (χ4v) is 2.58. The van der Waals surface area contributed by atoms with Gasteiger partial charge >= 0.3 is 0 Å². The van der Waals surface area contributed by atoms with Gasteiger partial charge in [0, 0.05) is 7.05 Å². The van der Waals surface area contributed by atoms with Crippen molar-refractivity contribution in [2.24, 2.45) is 0 Å². The lowest BCUT2D eigenvalue weighted by atomic mass is 10.3. The zero-order valence-corrected chi connectivity index (χ0v) is 11.4. The van der Waals surface area contributed by atoms with Gasteiger partial charge in [-0.25, -0.2) is 0 Å². The number of rotatable bonds is 3. The minimum Gasteiger partial charge on any atom is -0.394 e. The monoisotopic (exact) mass is 291 g/mol. The van der Waals surface area contributed by atoms with Gasteiger partial charge in [-0.15, -0.1) is 11.3 Å². The number of carbonyl (C=O) groups is 1. The highest BCUT2D eigenvalue weighted by atomic mass is 79.9. The summed E-state index contributed by atoms with van der Waals surface area (Å²) in [5, 5.41) is 8.96. The highest BCUT2D eigenvalue weighted by Crippen LogP contribution is 2.28. The molecule has 5 heteroatoms. The van der Waals surface area contributed by atoms with Crippen LogP contribution in [-0.2, 0) is 0 Å². The molecule has 0 saturated carbocycles. The molecular weight excluding hydrogens is 278 g/mol. The lowest BCUT2D eigenvalue weighted by Gasteiger charge is -2.22. The topological polar surface area (TPSA) is 40.5 Å². The number of hydrogen-bond donors (Lipinski definition) is 1. The van der Waals surface area contributed by atoms with Gasteiger partial charge in [0.2, 0.25) is 0 Å². The van der Waals surface area contributed by atoms with Crippen LogP contribution in [0.4, 0.5) is 0 Å². The van der Waals surface area contributed by atoms with Crippen LogP contribution in [-0.4, -0.2) is 35.6 Å². The molecule has 0 spiro atoms. The van der Waals surface area contributed by atoms with E-state index < -0.39 is 0 Å². The van der Waals surface area contributed by atoms with Crippen LogP contribution in [0.5, 0.6) is 0 Å². The van der Waals surface area contributed by atoms with Gasteiger partial charge in [-0.3, -0.25) is 4.79 Å². The number of aliphatic hydroxyl groups is 1. The van der Waals surface area contributed by atoms with Crippen molar-refractivity contribution in [3.8, 4) is 0 Å². The van der Waals surface area contributed by atoms with Crippen molar-refractivity contribution in [2.45, 2.75) is 19.9 Å². The van der Waals surface area contributed by atoms with Crippen molar-refractivity contribution in [1.29, 1.82) is 0 Å². The number of hydrogen-bond acceptors (Lipinski definition) is 3. The van der Waals surface area contributed by atoms with Gasteiger partial charge < -0.3 is 10.0 Å². The molecule has 0 aliphatic carbocycles. The van der Waals surface area contributed by atoms with Crippen LogP contribution in [0, 0.1) is 6.92 Å².